The summed E-state index contributed by atoms with van der Waals surface area (Å²) in [6, 6.07) is 15.1. The van der Waals surface area contributed by atoms with Crippen molar-refractivity contribution in [2.24, 2.45) is 0 Å². The van der Waals surface area contributed by atoms with Gasteiger partial charge in [-0.15, -0.1) is 0 Å². The van der Waals surface area contributed by atoms with Gasteiger partial charge in [0.05, 0.1) is 6.26 Å². The smallest absolute Gasteiger partial charge is 0.282 e. The highest BCUT2D eigenvalue weighted by atomic mass is 32.2. The first kappa shape index (κ1) is 22.5. The highest BCUT2D eigenvalue weighted by Crippen LogP contribution is 2.35. The van der Waals surface area contributed by atoms with Crippen LogP contribution in [-0.2, 0) is 16.6 Å². The molecular weight excluding hydrogens is 438 g/mol. The summed E-state index contributed by atoms with van der Waals surface area (Å²) in [7, 11) is -3.83. The van der Waals surface area contributed by atoms with E-state index in [0.29, 0.717) is 23.1 Å². The molecule has 0 bridgehead atoms. The van der Waals surface area contributed by atoms with Gasteiger partial charge in [-0.05, 0) is 56.2 Å². The molecule has 0 aliphatic rings. The molecule has 0 radical (unpaired) electrons. The summed E-state index contributed by atoms with van der Waals surface area (Å²) in [5.74, 6) is -0.783. The lowest BCUT2D eigenvalue weighted by Gasteiger charge is -2.14. The maximum absolute atomic E-state index is 13.3. The van der Waals surface area contributed by atoms with Gasteiger partial charge in [-0.2, -0.15) is 0 Å². The molecule has 2 heterocycles. The number of rotatable bonds is 5. The fourth-order valence-electron chi connectivity index (χ4n) is 4.17. The van der Waals surface area contributed by atoms with Gasteiger partial charge in [0.1, 0.15) is 5.69 Å². The van der Waals surface area contributed by atoms with E-state index in [1.165, 1.54) is 6.20 Å². The van der Waals surface area contributed by atoms with Crippen LogP contribution in [0.3, 0.4) is 0 Å². The normalized spacial score (nSPS) is 11.6. The van der Waals surface area contributed by atoms with Crippen molar-refractivity contribution in [3.05, 3.63) is 93.0 Å². The third kappa shape index (κ3) is 4.47. The van der Waals surface area contributed by atoms with Crippen molar-refractivity contribution >= 4 is 26.8 Å². The van der Waals surface area contributed by atoms with Crippen LogP contribution in [0, 0.1) is 20.8 Å². The molecule has 0 unspecified atom stereocenters. The van der Waals surface area contributed by atoms with Crippen molar-refractivity contribution in [1.82, 2.24) is 14.3 Å². The Kier molecular flexibility index (Phi) is 5.71. The first-order valence-electron chi connectivity index (χ1n) is 10.4. The largest absolute Gasteiger partial charge is 0.331 e. The molecule has 0 fully saturated rings. The lowest BCUT2D eigenvalue weighted by Crippen LogP contribution is -2.32. The predicted molar refractivity (Wildman–Crippen MR) is 130 cm³/mol. The molecule has 0 atom stereocenters. The van der Waals surface area contributed by atoms with E-state index in [9.17, 15) is 18.0 Å². The number of amides is 1. The quantitative estimate of drug-likeness (QED) is 0.472. The molecule has 1 amide bonds. The zero-order valence-corrected chi connectivity index (χ0v) is 19.7. The number of carbonyl (C=O) groups excluding carboxylic acids is 1. The summed E-state index contributed by atoms with van der Waals surface area (Å²) in [5.41, 5.74) is 5.31. The fraction of sp³-hybridized carbons (Fsp3) is 0.200. The maximum atomic E-state index is 13.3. The van der Waals surface area contributed by atoms with Crippen LogP contribution in [0.5, 0.6) is 0 Å². The van der Waals surface area contributed by atoms with E-state index in [2.05, 4.69) is 15.8 Å². The third-order valence-corrected chi connectivity index (χ3v) is 6.18. The van der Waals surface area contributed by atoms with E-state index in [1.807, 2.05) is 51.1 Å². The Morgan fingerprint density at radius 3 is 2.39 bits per heavy atom. The highest BCUT2D eigenvalue weighted by Gasteiger charge is 2.27. The second kappa shape index (κ2) is 8.37. The van der Waals surface area contributed by atoms with Crippen molar-refractivity contribution in [2.45, 2.75) is 27.3 Å². The molecule has 4 aromatic rings. The number of aromatic nitrogens is 2. The van der Waals surface area contributed by atoms with Crippen molar-refractivity contribution in [1.29, 1.82) is 0 Å². The SMILES string of the molecule is Cc1ccc(Cn2c(C(=O)NS(C)(=O)=O)c(-c3ccc[nH]c3=O)c3cc(C)ccc32)c(C)c1. The monoisotopic (exact) mass is 463 g/mol. The Bertz CT molecular complexity index is 1560. The molecule has 0 spiro atoms. The molecule has 170 valence electrons. The van der Waals surface area contributed by atoms with Gasteiger partial charge in [0.15, 0.2) is 0 Å². The average molecular weight is 464 g/mol. The number of H-pyrrole nitrogens is 1. The fourth-order valence-corrected chi connectivity index (χ4v) is 4.60. The van der Waals surface area contributed by atoms with Crippen LogP contribution in [0.2, 0.25) is 0 Å². The number of aryl methyl sites for hydroxylation is 3. The zero-order chi connectivity index (χ0) is 23.9. The Labute approximate surface area is 192 Å². The number of aromatic amines is 1. The Balaban J connectivity index is 2.09. The molecule has 2 aromatic carbocycles. The average Bonchev–Trinajstić information content (AvgIpc) is 3.02. The molecule has 7 nitrogen and oxygen atoms in total. The van der Waals surface area contributed by atoms with Gasteiger partial charge in [0.25, 0.3) is 11.5 Å². The van der Waals surface area contributed by atoms with E-state index in [1.54, 1.807) is 16.7 Å². The van der Waals surface area contributed by atoms with Crippen molar-refractivity contribution in [3.63, 3.8) is 0 Å². The predicted octanol–water partition coefficient (Wildman–Crippen LogP) is 3.66. The summed E-state index contributed by atoms with van der Waals surface area (Å²) >= 11 is 0. The highest BCUT2D eigenvalue weighted by molar-refractivity contribution is 7.89. The molecule has 0 saturated heterocycles. The zero-order valence-electron chi connectivity index (χ0n) is 18.9. The minimum Gasteiger partial charge on any atom is -0.331 e. The Morgan fingerprint density at radius 1 is 1.03 bits per heavy atom. The number of carbonyl (C=O) groups is 1. The standard InChI is InChI=1S/C25H25N3O4S/c1-15-7-9-18(17(3)12-15)14-28-21-10-8-16(2)13-20(21)22(19-6-5-11-26-24(19)29)23(28)25(30)27-33(4,31)32/h5-13H,14H2,1-4H3,(H,26,29)(H,27,30). The van der Waals surface area contributed by atoms with Crippen LogP contribution in [-0.4, -0.2) is 30.1 Å². The summed E-state index contributed by atoms with van der Waals surface area (Å²) in [5, 5.41) is 0.704. The Morgan fingerprint density at radius 2 is 1.73 bits per heavy atom. The molecule has 0 saturated carbocycles. The second-order valence-electron chi connectivity index (χ2n) is 8.38. The van der Waals surface area contributed by atoms with Gasteiger partial charge < -0.3 is 9.55 Å². The number of hydrogen-bond donors (Lipinski definition) is 2. The molecule has 4 rings (SSSR count). The van der Waals surface area contributed by atoms with Gasteiger partial charge in [-0.25, -0.2) is 13.1 Å². The lowest BCUT2D eigenvalue weighted by atomic mass is 10.0. The molecule has 0 aliphatic carbocycles. The number of nitrogens with zero attached hydrogens (tertiary/aromatic N) is 1. The number of hydrogen-bond acceptors (Lipinski definition) is 4. The van der Waals surface area contributed by atoms with E-state index >= 15 is 0 Å². The summed E-state index contributed by atoms with van der Waals surface area (Å²) in [6.45, 7) is 6.27. The third-order valence-electron chi connectivity index (χ3n) is 5.63. The molecule has 2 aromatic heterocycles. The number of nitrogens with one attached hydrogen (secondary N) is 2. The number of fused-ring (bicyclic) bond motifs is 1. The van der Waals surface area contributed by atoms with Gasteiger partial charge >= 0.3 is 0 Å². The Hall–Kier alpha value is -3.65. The van der Waals surface area contributed by atoms with Crippen molar-refractivity contribution < 1.29 is 13.2 Å². The van der Waals surface area contributed by atoms with Crippen molar-refractivity contribution in [3.8, 4) is 11.1 Å². The molecule has 2 N–H and O–H groups in total. The van der Waals surface area contributed by atoms with E-state index in [0.717, 1.165) is 34.0 Å². The van der Waals surface area contributed by atoms with E-state index in [-0.39, 0.29) is 11.3 Å². The first-order valence-corrected chi connectivity index (χ1v) is 12.3. The van der Waals surface area contributed by atoms with Gasteiger partial charge in [-0.1, -0.05) is 35.4 Å². The van der Waals surface area contributed by atoms with E-state index in [4.69, 9.17) is 0 Å². The summed E-state index contributed by atoms with van der Waals surface area (Å²) < 4.78 is 27.8. The molecule has 0 aliphatic heterocycles. The lowest BCUT2D eigenvalue weighted by molar-refractivity contribution is 0.0974. The first-order chi connectivity index (χ1) is 15.5. The minimum atomic E-state index is -3.83. The number of sulfonamides is 1. The molecule has 33 heavy (non-hydrogen) atoms. The summed E-state index contributed by atoms with van der Waals surface area (Å²) in [4.78, 5) is 28.8. The molecule has 8 heteroatoms. The van der Waals surface area contributed by atoms with E-state index < -0.39 is 15.9 Å². The van der Waals surface area contributed by atoms with Crippen LogP contribution in [0.25, 0.3) is 22.0 Å². The van der Waals surface area contributed by atoms with Crippen LogP contribution in [0.1, 0.15) is 32.7 Å². The second-order valence-corrected chi connectivity index (χ2v) is 10.1. The van der Waals surface area contributed by atoms with Crippen LogP contribution >= 0.6 is 0 Å². The van der Waals surface area contributed by atoms with Gasteiger partial charge in [0.2, 0.25) is 10.0 Å². The molecular formula is C25H25N3O4S. The number of benzene rings is 2. The minimum absolute atomic E-state index is 0.123. The maximum Gasteiger partial charge on any atom is 0.282 e. The van der Waals surface area contributed by atoms with Crippen molar-refractivity contribution in [2.75, 3.05) is 6.26 Å². The topological polar surface area (TPSA) is 101 Å². The number of pyridine rings is 1. The van der Waals surface area contributed by atoms with Crippen LogP contribution in [0.15, 0.2) is 59.5 Å². The van der Waals surface area contributed by atoms with Gasteiger partial charge in [-0.3, -0.25) is 9.59 Å². The van der Waals surface area contributed by atoms with Gasteiger partial charge in [0, 0.05) is 34.8 Å². The van der Waals surface area contributed by atoms with Crippen LogP contribution < -0.4 is 10.3 Å². The summed E-state index contributed by atoms with van der Waals surface area (Å²) in [6.07, 6.45) is 2.45. The van der Waals surface area contributed by atoms with Crippen LogP contribution in [0.4, 0.5) is 0 Å².